The summed E-state index contributed by atoms with van der Waals surface area (Å²) in [5.41, 5.74) is 6.28. The zero-order chi connectivity index (χ0) is 15.8. The molecule has 3 rings (SSSR count). The molecule has 2 heterocycles. The highest BCUT2D eigenvalue weighted by Gasteiger charge is 2.39. The fraction of sp³-hybridized carbons (Fsp3) is 0.429. The number of hydrogen-bond donors (Lipinski definition) is 2. The molecule has 0 spiro atoms. The Morgan fingerprint density at radius 1 is 1.36 bits per heavy atom. The second kappa shape index (κ2) is 5.45. The fourth-order valence-corrected chi connectivity index (χ4v) is 3.23. The van der Waals surface area contributed by atoms with Crippen molar-refractivity contribution in [3.05, 3.63) is 30.2 Å². The van der Waals surface area contributed by atoms with E-state index in [-0.39, 0.29) is 10.3 Å². The van der Waals surface area contributed by atoms with Gasteiger partial charge >= 0.3 is 0 Å². The summed E-state index contributed by atoms with van der Waals surface area (Å²) in [6.45, 7) is 2.03. The number of nitrogens with zero attached hydrogens (tertiary/aromatic N) is 2. The van der Waals surface area contributed by atoms with Crippen LogP contribution in [0.4, 0.5) is 0 Å². The molecule has 1 atom stereocenters. The van der Waals surface area contributed by atoms with E-state index in [1.54, 1.807) is 12.1 Å². The fourth-order valence-electron chi connectivity index (χ4n) is 2.60. The lowest BCUT2D eigenvalue weighted by molar-refractivity contribution is 0.296. The van der Waals surface area contributed by atoms with Crippen molar-refractivity contribution in [3.63, 3.8) is 0 Å². The number of hydrogen-bond acceptors (Lipinski definition) is 7. The van der Waals surface area contributed by atoms with Gasteiger partial charge in [-0.2, -0.15) is 4.98 Å². The van der Waals surface area contributed by atoms with Crippen LogP contribution in [0.3, 0.4) is 0 Å². The van der Waals surface area contributed by atoms with Gasteiger partial charge in [0.25, 0.3) is 0 Å². The summed E-state index contributed by atoms with van der Waals surface area (Å²) in [6, 6.07) is 6.42. The molecule has 1 saturated heterocycles. The number of benzene rings is 1. The van der Waals surface area contributed by atoms with Crippen molar-refractivity contribution < 1.29 is 12.9 Å². The van der Waals surface area contributed by atoms with Crippen LogP contribution in [0.25, 0.3) is 11.4 Å². The average molecular weight is 322 g/mol. The minimum atomic E-state index is -3.21. The first-order valence-corrected chi connectivity index (χ1v) is 8.89. The Kier molecular flexibility index (Phi) is 3.75. The van der Waals surface area contributed by atoms with Gasteiger partial charge < -0.3 is 15.6 Å². The summed E-state index contributed by atoms with van der Waals surface area (Å²) in [5, 5.41) is 7.26. The van der Waals surface area contributed by atoms with Gasteiger partial charge in [-0.25, -0.2) is 8.42 Å². The number of nitrogens with one attached hydrogen (secondary N) is 1. The van der Waals surface area contributed by atoms with E-state index in [2.05, 4.69) is 15.5 Å². The molecule has 0 amide bonds. The first-order valence-electron chi connectivity index (χ1n) is 7.00. The number of sulfone groups is 1. The van der Waals surface area contributed by atoms with Gasteiger partial charge in [0.1, 0.15) is 0 Å². The van der Waals surface area contributed by atoms with E-state index in [0.717, 1.165) is 19.5 Å². The van der Waals surface area contributed by atoms with Gasteiger partial charge in [-0.05, 0) is 37.2 Å². The second-order valence-electron chi connectivity index (χ2n) is 5.63. The van der Waals surface area contributed by atoms with Gasteiger partial charge in [-0.3, -0.25) is 0 Å². The Labute approximate surface area is 128 Å². The SMILES string of the molecule is CS(=O)(=O)c1ccc(-c2noc(C3(CN)CCNC3)n2)cc1. The topological polar surface area (TPSA) is 111 Å². The van der Waals surface area contributed by atoms with Gasteiger partial charge in [-0.1, -0.05) is 5.16 Å². The van der Waals surface area contributed by atoms with Crippen molar-refractivity contribution in [3.8, 4) is 11.4 Å². The zero-order valence-corrected chi connectivity index (χ0v) is 13.1. The summed E-state index contributed by atoms with van der Waals surface area (Å²) in [7, 11) is -3.21. The van der Waals surface area contributed by atoms with E-state index < -0.39 is 9.84 Å². The number of rotatable bonds is 4. The van der Waals surface area contributed by atoms with Crippen molar-refractivity contribution in [2.75, 3.05) is 25.9 Å². The molecule has 22 heavy (non-hydrogen) atoms. The Bertz CT molecular complexity index is 762. The van der Waals surface area contributed by atoms with Gasteiger partial charge in [0.2, 0.25) is 11.7 Å². The summed E-state index contributed by atoms with van der Waals surface area (Å²) < 4.78 is 28.3. The molecule has 1 aliphatic heterocycles. The summed E-state index contributed by atoms with van der Waals surface area (Å²) in [6.07, 6.45) is 2.03. The largest absolute Gasteiger partial charge is 0.338 e. The molecule has 1 aromatic heterocycles. The molecule has 8 heteroatoms. The van der Waals surface area contributed by atoms with Crippen LogP contribution in [0, 0.1) is 0 Å². The predicted molar refractivity (Wildman–Crippen MR) is 81.1 cm³/mol. The average Bonchev–Trinajstić information content (AvgIpc) is 3.16. The van der Waals surface area contributed by atoms with E-state index in [1.807, 2.05) is 0 Å². The monoisotopic (exact) mass is 322 g/mol. The molecule has 1 aliphatic rings. The van der Waals surface area contributed by atoms with Gasteiger partial charge in [0.15, 0.2) is 9.84 Å². The normalized spacial score (nSPS) is 22.1. The van der Waals surface area contributed by atoms with Crippen LogP contribution in [-0.4, -0.2) is 44.4 Å². The zero-order valence-electron chi connectivity index (χ0n) is 12.2. The van der Waals surface area contributed by atoms with E-state index in [0.29, 0.717) is 23.8 Å². The molecular formula is C14H18N4O3S. The van der Waals surface area contributed by atoms with Crippen LogP contribution in [0.1, 0.15) is 12.3 Å². The summed E-state index contributed by atoms with van der Waals surface area (Å²) >= 11 is 0. The molecule has 0 bridgehead atoms. The van der Waals surface area contributed by atoms with E-state index in [4.69, 9.17) is 10.3 Å². The maximum Gasteiger partial charge on any atom is 0.235 e. The lowest BCUT2D eigenvalue weighted by Crippen LogP contribution is -2.37. The van der Waals surface area contributed by atoms with Crippen molar-refractivity contribution in [1.29, 1.82) is 0 Å². The molecule has 3 N–H and O–H groups in total. The van der Waals surface area contributed by atoms with Gasteiger partial charge in [0.05, 0.1) is 10.3 Å². The lowest BCUT2D eigenvalue weighted by Gasteiger charge is -2.20. The van der Waals surface area contributed by atoms with Crippen molar-refractivity contribution in [2.24, 2.45) is 5.73 Å². The van der Waals surface area contributed by atoms with Crippen molar-refractivity contribution in [2.45, 2.75) is 16.7 Å². The molecule has 2 aromatic rings. The Morgan fingerprint density at radius 3 is 2.64 bits per heavy atom. The van der Waals surface area contributed by atoms with Crippen LogP contribution in [-0.2, 0) is 15.3 Å². The van der Waals surface area contributed by atoms with Crippen LogP contribution in [0.5, 0.6) is 0 Å². The summed E-state index contributed by atoms with van der Waals surface area (Å²) in [4.78, 5) is 4.71. The quantitative estimate of drug-likeness (QED) is 0.834. The molecule has 1 unspecified atom stereocenters. The van der Waals surface area contributed by atoms with Gasteiger partial charge in [-0.15, -0.1) is 0 Å². The van der Waals surface area contributed by atoms with E-state index in [9.17, 15) is 8.42 Å². The predicted octanol–water partition coefficient (Wildman–Crippen LogP) is 0.330. The number of nitrogens with two attached hydrogens (primary N) is 1. The molecule has 118 valence electrons. The highest BCUT2D eigenvalue weighted by atomic mass is 32.2. The Balaban J connectivity index is 1.91. The molecule has 7 nitrogen and oxygen atoms in total. The molecule has 1 aromatic carbocycles. The third-order valence-corrected chi connectivity index (χ3v) is 5.18. The van der Waals surface area contributed by atoms with E-state index >= 15 is 0 Å². The van der Waals surface area contributed by atoms with E-state index in [1.165, 1.54) is 18.4 Å². The molecular weight excluding hydrogens is 304 g/mol. The highest BCUT2D eigenvalue weighted by molar-refractivity contribution is 7.90. The minimum absolute atomic E-state index is 0.262. The van der Waals surface area contributed by atoms with Crippen LogP contribution in [0.15, 0.2) is 33.7 Å². The second-order valence-corrected chi connectivity index (χ2v) is 7.65. The standard InChI is InChI=1S/C14H18N4O3S/c1-22(19,20)11-4-2-10(3-5-11)12-17-13(21-18-12)14(8-15)6-7-16-9-14/h2-5,16H,6-9,15H2,1H3. The maximum absolute atomic E-state index is 11.5. The van der Waals surface area contributed by atoms with Crippen LogP contribution >= 0.6 is 0 Å². The molecule has 0 radical (unpaired) electrons. The van der Waals surface area contributed by atoms with Gasteiger partial charge in [0, 0.05) is 24.9 Å². The number of aromatic nitrogens is 2. The summed E-state index contributed by atoms with van der Waals surface area (Å²) in [5.74, 6) is 0.969. The third-order valence-electron chi connectivity index (χ3n) is 4.05. The minimum Gasteiger partial charge on any atom is -0.338 e. The Hall–Kier alpha value is -1.77. The molecule has 0 aliphatic carbocycles. The first-order chi connectivity index (χ1) is 10.4. The highest BCUT2D eigenvalue weighted by Crippen LogP contribution is 2.30. The molecule has 1 fully saturated rings. The maximum atomic E-state index is 11.5. The van der Waals surface area contributed by atoms with Crippen molar-refractivity contribution >= 4 is 9.84 Å². The first kappa shape index (κ1) is 15.1. The molecule has 0 saturated carbocycles. The Morgan fingerprint density at radius 2 is 2.09 bits per heavy atom. The smallest absolute Gasteiger partial charge is 0.235 e. The van der Waals surface area contributed by atoms with Crippen molar-refractivity contribution in [1.82, 2.24) is 15.5 Å². The lowest BCUT2D eigenvalue weighted by atomic mass is 9.87. The third kappa shape index (κ3) is 2.65. The van der Waals surface area contributed by atoms with Crippen LogP contribution < -0.4 is 11.1 Å². The van der Waals surface area contributed by atoms with Crippen LogP contribution in [0.2, 0.25) is 0 Å².